The molecule has 0 aromatic rings. The largest absolute Gasteiger partial charge is 0.366 e. The van der Waals surface area contributed by atoms with Crippen molar-refractivity contribution in [2.75, 3.05) is 33.3 Å². The van der Waals surface area contributed by atoms with Gasteiger partial charge in [-0.25, -0.2) is 0 Å². The molecule has 0 aliphatic heterocycles. The van der Waals surface area contributed by atoms with E-state index in [1.165, 1.54) is 24.8 Å². The van der Waals surface area contributed by atoms with Crippen LogP contribution in [-0.4, -0.2) is 73.1 Å². The molecule has 3 N–H and O–H groups in total. The van der Waals surface area contributed by atoms with E-state index in [4.69, 9.17) is 4.74 Å². The first-order valence-corrected chi connectivity index (χ1v) is 9.63. The van der Waals surface area contributed by atoms with Gasteiger partial charge < -0.3 is 25.4 Å². The lowest BCUT2D eigenvalue weighted by Crippen LogP contribution is -2.36. The van der Waals surface area contributed by atoms with Crippen molar-refractivity contribution >= 4 is 24.0 Å². The summed E-state index contributed by atoms with van der Waals surface area (Å²) in [6.07, 6.45) is 3.80. The maximum Gasteiger partial charge on any atom is 0.246 e. The van der Waals surface area contributed by atoms with Crippen LogP contribution in [-0.2, 0) is 23.9 Å². The summed E-state index contributed by atoms with van der Waals surface area (Å²) < 4.78 is 5.31. The highest BCUT2D eigenvalue weighted by molar-refractivity contribution is 5.90. The molecule has 0 aliphatic rings. The minimum absolute atomic E-state index is 0.156. The van der Waals surface area contributed by atoms with Crippen molar-refractivity contribution in [2.24, 2.45) is 5.41 Å². The van der Waals surface area contributed by atoms with Crippen LogP contribution in [0.3, 0.4) is 0 Å². The zero-order chi connectivity index (χ0) is 22.5. The van der Waals surface area contributed by atoms with Crippen molar-refractivity contribution in [1.29, 1.82) is 0 Å². The van der Waals surface area contributed by atoms with E-state index in [0.29, 0.717) is 25.8 Å². The first-order chi connectivity index (χ1) is 13.4. The maximum atomic E-state index is 12.0. The molecule has 29 heavy (non-hydrogen) atoms. The monoisotopic (exact) mass is 413 g/mol. The molecule has 166 valence electrons. The third-order valence-electron chi connectivity index (χ3n) is 3.82. The summed E-state index contributed by atoms with van der Waals surface area (Å²) in [7, 11) is 1.61. The average molecular weight is 414 g/mol. The second-order valence-electron chi connectivity index (χ2n) is 8.13. The fourth-order valence-corrected chi connectivity index (χ4v) is 2.23. The van der Waals surface area contributed by atoms with E-state index >= 15 is 0 Å². The number of aldehydes is 1. The Kier molecular flexibility index (Phi) is 12.0. The molecular weight excluding hydrogens is 378 g/mol. The Morgan fingerprint density at radius 1 is 1.07 bits per heavy atom. The molecule has 0 saturated carbocycles. The van der Waals surface area contributed by atoms with Gasteiger partial charge in [0.15, 0.2) is 5.79 Å². The first kappa shape index (κ1) is 26.7. The molecular formula is C20H35N3O6. The van der Waals surface area contributed by atoms with Crippen molar-refractivity contribution in [1.82, 2.24) is 15.5 Å². The number of likely N-dealkylation sites (N-methyl/N-ethyl adjacent to an activating group) is 1. The summed E-state index contributed by atoms with van der Waals surface area (Å²) in [4.78, 5) is 47.0. The molecule has 0 unspecified atom stereocenters. The quantitative estimate of drug-likeness (QED) is 0.164. The second-order valence-corrected chi connectivity index (χ2v) is 8.13. The lowest BCUT2D eigenvalue weighted by molar-refractivity contribution is -0.192. The van der Waals surface area contributed by atoms with Gasteiger partial charge in [-0.2, -0.15) is 0 Å². The van der Waals surface area contributed by atoms with E-state index < -0.39 is 11.2 Å². The van der Waals surface area contributed by atoms with Crippen LogP contribution in [0.1, 0.15) is 47.0 Å². The number of allylic oxidation sites excluding steroid dienone is 1. The number of nitrogens with zero attached hydrogens (tertiary/aromatic N) is 1. The summed E-state index contributed by atoms with van der Waals surface area (Å²) in [6, 6.07) is 0. The third-order valence-corrected chi connectivity index (χ3v) is 3.82. The molecule has 0 saturated heterocycles. The molecule has 9 nitrogen and oxygen atoms in total. The standard InChI is InChI=1S/C20H35N3O6/c1-19(2,15-29-20(3,4)28)14-17(26)22-11-9-16(25)21-10-7-12-23(5)18(27)8-6-13-24/h6,8,13,28H,7,9-12,14-15H2,1-5H3,(H,21,25)(H,22,26)/b8-6-. The molecule has 0 radical (unpaired) electrons. The Morgan fingerprint density at radius 2 is 1.69 bits per heavy atom. The minimum atomic E-state index is -1.25. The number of rotatable bonds is 14. The highest BCUT2D eigenvalue weighted by Crippen LogP contribution is 2.22. The van der Waals surface area contributed by atoms with E-state index in [1.54, 1.807) is 7.05 Å². The number of carbonyl (C=O) groups excluding carboxylic acids is 4. The van der Waals surface area contributed by atoms with Gasteiger partial charge in [-0.05, 0) is 31.8 Å². The van der Waals surface area contributed by atoms with Crippen LogP contribution < -0.4 is 10.6 Å². The first-order valence-electron chi connectivity index (χ1n) is 9.63. The SMILES string of the molecule is CN(CCCNC(=O)CCNC(=O)CC(C)(C)COC(C)(C)O)C(=O)/C=C\C=O. The number of amides is 3. The number of ether oxygens (including phenoxy) is 1. The van der Waals surface area contributed by atoms with Crippen molar-refractivity contribution in [2.45, 2.75) is 52.7 Å². The molecule has 0 aromatic carbocycles. The number of aliphatic hydroxyl groups is 1. The van der Waals surface area contributed by atoms with Crippen LogP contribution in [0, 0.1) is 5.41 Å². The summed E-state index contributed by atoms with van der Waals surface area (Å²) in [5.41, 5.74) is -0.448. The summed E-state index contributed by atoms with van der Waals surface area (Å²) in [5.74, 6) is -1.91. The third kappa shape index (κ3) is 15.4. The van der Waals surface area contributed by atoms with Crippen LogP contribution in [0.2, 0.25) is 0 Å². The highest BCUT2D eigenvalue weighted by atomic mass is 16.6. The Morgan fingerprint density at radius 3 is 2.28 bits per heavy atom. The summed E-state index contributed by atoms with van der Waals surface area (Å²) >= 11 is 0. The van der Waals surface area contributed by atoms with E-state index in [-0.39, 0.29) is 43.7 Å². The Labute approximate surface area is 172 Å². The summed E-state index contributed by atoms with van der Waals surface area (Å²) in [6.45, 7) is 8.09. The highest BCUT2D eigenvalue weighted by Gasteiger charge is 2.25. The predicted octanol–water partition coefficient (Wildman–Crippen LogP) is 0.374. The normalized spacial score (nSPS) is 11.9. The zero-order valence-corrected chi connectivity index (χ0v) is 18.1. The van der Waals surface area contributed by atoms with Crippen molar-refractivity contribution in [3.63, 3.8) is 0 Å². The van der Waals surface area contributed by atoms with Gasteiger partial charge in [0, 0.05) is 45.6 Å². The van der Waals surface area contributed by atoms with Crippen molar-refractivity contribution < 1.29 is 29.0 Å². The van der Waals surface area contributed by atoms with Crippen LogP contribution in [0.5, 0.6) is 0 Å². The molecule has 0 fully saturated rings. The van der Waals surface area contributed by atoms with Gasteiger partial charge >= 0.3 is 0 Å². The van der Waals surface area contributed by atoms with Crippen molar-refractivity contribution in [3.05, 3.63) is 12.2 Å². The van der Waals surface area contributed by atoms with E-state index in [9.17, 15) is 24.3 Å². The molecule has 0 aliphatic carbocycles. The van der Waals surface area contributed by atoms with Crippen molar-refractivity contribution in [3.8, 4) is 0 Å². The van der Waals surface area contributed by atoms with Gasteiger partial charge in [-0.15, -0.1) is 0 Å². The van der Waals surface area contributed by atoms with Crippen LogP contribution in [0.4, 0.5) is 0 Å². The molecule has 0 rings (SSSR count). The van der Waals surface area contributed by atoms with Gasteiger partial charge in [0.05, 0.1) is 6.61 Å². The smallest absolute Gasteiger partial charge is 0.246 e. The van der Waals surface area contributed by atoms with Gasteiger partial charge in [-0.3, -0.25) is 19.2 Å². The van der Waals surface area contributed by atoms with Crippen LogP contribution in [0.15, 0.2) is 12.2 Å². The Hall–Kier alpha value is -2.26. The maximum absolute atomic E-state index is 12.0. The number of hydrogen-bond donors (Lipinski definition) is 3. The number of hydrogen-bond acceptors (Lipinski definition) is 6. The van der Waals surface area contributed by atoms with E-state index in [2.05, 4.69) is 10.6 Å². The molecule has 0 bridgehead atoms. The van der Waals surface area contributed by atoms with E-state index in [1.807, 2.05) is 13.8 Å². The van der Waals surface area contributed by atoms with E-state index in [0.717, 1.165) is 6.08 Å². The Bertz CT molecular complexity index is 581. The van der Waals surface area contributed by atoms with Crippen LogP contribution in [0.25, 0.3) is 0 Å². The molecule has 0 aromatic heterocycles. The van der Waals surface area contributed by atoms with Gasteiger partial charge in [0.2, 0.25) is 17.7 Å². The molecule has 0 spiro atoms. The zero-order valence-electron chi connectivity index (χ0n) is 18.1. The Balaban J connectivity index is 3.95. The number of carbonyl (C=O) groups is 4. The molecule has 0 atom stereocenters. The van der Waals surface area contributed by atoms with Crippen LogP contribution >= 0.6 is 0 Å². The van der Waals surface area contributed by atoms with Gasteiger partial charge in [0.25, 0.3) is 0 Å². The summed E-state index contributed by atoms with van der Waals surface area (Å²) in [5, 5.41) is 15.0. The molecule has 3 amide bonds. The lowest BCUT2D eigenvalue weighted by Gasteiger charge is -2.28. The molecule has 0 heterocycles. The lowest BCUT2D eigenvalue weighted by atomic mass is 9.90. The fraction of sp³-hybridized carbons (Fsp3) is 0.700. The van der Waals surface area contributed by atoms with Gasteiger partial charge in [-0.1, -0.05) is 13.8 Å². The number of nitrogens with one attached hydrogen (secondary N) is 2. The molecule has 9 heteroatoms. The fourth-order valence-electron chi connectivity index (χ4n) is 2.23. The average Bonchev–Trinajstić information content (AvgIpc) is 2.60. The second kappa shape index (κ2) is 13.1. The predicted molar refractivity (Wildman–Crippen MR) is 109 cm³/mol. The minimum Gasteiger partial charge on any atom is -0.366 e. The van der Waals surface area contributed by atoms with Gasteiger partial charge in [0.1, 0.15) is 6.29 Å². The topological polar surface area (TPSA) is 125 Å².